The number of phenols is 1. The number of para-hydroxylation sites is 1. The number of benzene rings is 2. The largest absolute Gasteiger partial charge is 0.507 e. The molecule has 2 aromatic rings. The van der Waals surface area contributed by atoms with Crippen molar-refractivity contribution < 1.29 is 28.9 Å². The first-order valence-corrected chi connectivity index (χ1v) is 14.4. The Balaban J connectivity index is 0.000000395. The SMILES string of the molecule is CCCCC(CCC)OC(=O)C(=Cc1ccccc1)OC.CCCCCCCCOC(=O)c1ccccc1O. The van der Waals surface area contributed by atoms with Gasteiger partial charge in [-0.25, -0.2) is 9.59 Å². The number of phenolic OH excluding ortho intramolecular Hbond substituents is 1. The Morgan fingerprint density at radius 2 is 1.44 bits per heavy atom. The summed E-state index contributed by atoms with van der Waals surface area (Å²) in [5.74, 6) is -0.596. The van der Waals surface area contributed by atoms with Gasteiger partial charge in [-0.15, -0.1) is 0 Å². The topological polar surface area (TPSA) is 82.1 Å². The molecule has 1 unspecified atom stereocenters. The zero-order valence-electron chi connectivity index (χ0n) is 24.3. The van der Waals surface area contributed by atoms with Crippen LogP contribution in [-0.2, 0) is 19.0 Å². The van der Waals surface area contributed by atoms with E-state index in [0.29, 0.717) is 6.61 Å². The monoisotopic (exact) mass is 540 g/mol. The highest BCUT2D eigenvalue weighted by Gasteiger charge is 2.18. The van der Waals surface area contributed by atoms with E-state index in [1.165, 1.54) is 38.9 Å². The number of hydrogen-bond donors (Lipinski definition) is 1. The molecule has 0 amide bonds. The molecule has 2 rings (SSSR count). The second kappa shape index (κ2) is 21.6. The normalized spacial score (nSPS) is 11.6. The third-order valence-corrected chi connectivity index (χ3v) is 6.14. The molecule has 1 atom stereocenters. The maximum Gasteiger partial charge on any atom is 0.373 e. The molecule has 0 aliphatic rings. The average molecular weight is 541 g/mol. The lowest BCUT2D eigenvalue weighted by Gasteiger charge is -2.17. The summed E-state index contributed by atoms with van der Waals surface area (Å²) < 4.78 is 15.9. The first-order chi connectivity index (χ1) is 19.0. The summed E-state index contributed by atoms with van der Waals surface area (Å²) in [7, 11) is 1.50. The Bertz CT molecular complexity index is 954. The van der Waals surface area contributed by atoms with Gasteiger partial charge in [-0.2, -0.15) is 0 Å². The minimum atomic E-state index is -0.443. The number of methoxy groups -OCH3 is 1. The molecule has 6 heteroatoms. The van der Waals surface area contributed by atoms with Gasteiger partial charge in [-0.3, -0.25) is 0 Å². The van der Waals surface area contributed by atoms with Gasteiger partial charge in [0.1, 0.15) is 17.4 Å². The highest BCUT2D eigenvalue weighted by molar-refractivity contribution is 5.92. The number of rotatable bonds is 17. The van der Waals surface area contributed by atoms with Crippen molar-refractivity contribution in [2.24, 2.45) is 0 Å². The van der Waals surface area contributed by atoms with Crippen LogP contribution >= 0.6 is 0 Å². The van der Waals surface area contributed by atoms with E-state index in [1.807, 2.05) is 30.3 Å². The van der Waals surface area contributed by atoms with Crippen LogP contribution in [0.5, 0.6) is 5.75 Å². The van der Waals surface area contributed by atoms with Gasteiger partial charge in [0.15, 0.2) is 0 Å². The molecule has 1 N–H and O–H groups in total. The highest BCUT2D eigenvalue weighted by Crippen LogP contribution is 2.17. The second-order valence-corrected chi connectivity index (χ2v) is 9.50. The second-order valence-electron chi connectivity index (χ2n) is 9.50. The van der Waals surface area contributed by atoms with Crippen molar-refractivity contribution >= 4 is 18.0 Å². The van der Waals surface area contributed by atoms with Gasteiger partial charge in [0.2, 0.25) is 5.76 Å². The van der Waals surface area contributed by atoms with Crippen LogP contribution in [0.15, 0.2) is 60.4 Å². The van der Waals surface area contributed by atoms with Crippen molar-refractivity contribution in [2.45, 2.75) is 97.5 Å². The van der Waals surface area contributed by atoms with Crippen LogP contribution in [0.2, 0.25) is 0 Å². The maximum absolute atomic E-state index is 12.2. The summed E-state index contributed by atoms with van der Waals surface area (Å²) >= 11 is 0. The Labute approximate surface area is 235 Å². The van der Waals surface area contributed by atoms with Crippen molar-refractivity contribution in [1.29, 1.82) is 0 Å². The summed E-state index contributed by atoms with van der Waals surface area (Å²) in [5.41, 5.74) is 1.16. The highest BCUT2D eigenvalue weighted by atomic mass is 16.6. The summed E-state index contributed by atoms with van der Waals surface area (Å²) in [6.07, 6.45) is 13.6. The van der Waals surface area contributed by atoms with Crippen LogP contribution in [0.1, 0.15) is 107 Å². The molecule has 0 radical (unpaired) electrons. The van der Waals surface area contributed by atoms with E-state index in [2.05, 4.69) is 20.8 Å². The van der Waals surface area contributed by atoms with E-state index in [9.17, 15) is 14.7 Å². The number of hydrogen-bond acceptors (Lipinski definition) is 6. The molecule has 39 heavy (non-hydrogen) atoms. The summed E-state index contributed by atoms with van der Waals surface area (Å²) in [4.78, 5) is 23.8. The molecule has 6 nitrogen and oxygen atoms in total. The number of carbonyl (C=O) groups is 2. The lowest BCUT2D eigenvalue weighted by molar-refractivity contribution is -0.148. The third kappa shape index (κ3) is 15.0. The summed E-state index contributed by atoms with van der Waals surface area (Å²) in [6.45, 7) is 6.86. The fraction of sp³-hybridized carbons (Fsp3) is 0.515. The lowest BCUT2D eigenvalue weighted by Crippen LogP contribution is -2.20. The van der Waals surface area contributed by atoms with Gasteiger partial charge >= 0.3 is 11.9 Å². The smallest absolute Gasteiger partial charge is 0.373 e. The van der Waals surface area contributed by atoms with Gasteiger partial charge in [0, 0.05) is 0 Å². The molecule has 0 bridgehead atoms. The number of ether oxygens (including phenoxy) is 3. The van der Waals surface area contributed by atoms with E-state index in [1.54, 1.807) is 24.3 Å². The Hall–Kier alpha value is -3.28. The molecule has 0 aliphatic carbocycles. The fourth-order valence-corrected chi connectivity index (χ4v) is 3.90. The molecule has 216 valence electrons. The van der Waals surface area contributed by atoms with Crippen molar-refractivity contribution in [2.75, 3.05) is 13.7 Å². The van der Waals surface area contributed by atoms with E-state index < -0.39 is 5.97 Å². The third-order valence-electron chi connectivity index (χ3n) is 6.14. The van der Waals surface area contributed by atoms with Gasteiger partial charge in [0.25, 0.3) is 0 Å². The molecule has 0 aliphatic heterocycles. The minimum Gasteiger partial charge on any atom is -0.507 e. The van der Waals surface area contributed by atoms with Crippen molar-refractivity contribution in [3.05, 3.63) is 71.5 Å². The lowest BCUT2D eigenvalue weighted by atomic mass is 10.1. The number of unbranched alkanes of at least 4 members (excludes halogenated alkanes) is 6. The van der Waals surface area contributed by atoms with E-state index in [-0.39, 0.29) is 29.1 Å². The Morgan fingerprint density at radius 1 is 0.795 bits per heavy atom. The molecule has 0 saturated carbocycles. The maximum atomic E-state index is 12.2. The van der Waals surface area contributed by atoms with Crippen LogP contribution in [0, 0.1) is 0 Å². The standard InChI is InChI=1S/C18H26O3.C15H22O3/c1-4-6-13-16(10-5-2)21-18(19)17(20-3)14-15-11-8-7-9-12-15;1-2-3-4-5-6-9-12-18-15(17)13-10-7-8-11-14(13)16/h7-9,11-12,14,16H,4-6,10,13H2,1-3H3;7-8,10-11,16H,2-6,9,12H2,1H3. The quantitative estimate of drug-likeness (QED) is 0.0937. The zero-order chi connectivity index (χ0) is 28.7. The molecular weight excluding hydrogens is 492 g/mol. The van der Waals surface area contributed by atoms with Crippen LogP contribution in [0.4, 0.5) is 0 Å². The van der Waals surface area contributed by atoms with Gasteiger partial charge in [-0.05, 0) is 43.0 Å². The number of esters is 2. The van der Waals surface area contributed by atoms with Gasteiger partial charge in [0.05, 0.1) is 13.7 Å². The summed E-state index contributed by atoms with van der Waals surface area (Å²) in [6, 6.07) is 16.1. The predicted octanol–water partition coefficient (Wildman–Crippen LogP) is 8.49. The van der Waals surface area contributed by atoms with Crippen LogP contribution < -0.4 is 0 Å². The zero-order valence-corrected chi connectivity index (χ0v) is 24.3. The van der Waals surface area contributed by atoms with E-state index in [0.717, 1.165) is 50.5 Å². The first-order valence-electron chi connectivity index (χ1n) is 14.4. The molecule has 0 spiro atoms. The van der Waals surface area contributed by atoms with E-state index in [4.69, 9.17) is 14.2 Å². The van der Waals surface area contributed by atoms with Gasteiger partial charge in [-0.1, -0.05) is 115 Å². The van der Waals surface area contributed by atoms with E-state index >= 15 is 0 Å². The average Bonchev–Trinajstić information content (AvgIpc) is 2.95. The molecule has 0 heterocycles. The first kappa shape index (κ1) is 33.7. The molecule has 0 aromatic heterocycles. The molecular formula is C33H48O6. The number of carbonyl (C=O) groups excluding carboxylic acids is 2. The summed E-state index contributed by atoms with van der Waals surface area (Å²) in [5, 5.41) is 9.48. The van der Waals surface area contributed by atoms with Crippen molar-refractivity contribution in [1.82, 2.24) is 0 Å². The Kier molecular flexibility index (Phi) is 18.7. The predicted molar refractivity (Wildman–Crippen MR) is 158 cm³/mol. The van der Waals surface area contributed by atoms with Crippen LogP contribution in [0.3, 0.4) is 0 Å². The number of aromatic hydroxyl groups is 1. The van der Waals surface area contributed by atoms with Gasteiger partial charge < -0.3 is 19.3 Å². The molecule has 0 fully saturated rings. The minimum absolute atomic E-state index is 0.0169. The van der Waals surface area contributed by atoms with Crippen molar-refractivity contribution in [3.8, 4) is 5.75 Å². The molecule has 0 saturated heterocycles. The van der Waals surface area contributed by atoms with Crippen LogP contribution in [-0.4, -0.2) is 36.9 Å². The fourth-order valence-electron chi connectivity index (χ4n) is 3.90. The Morgan fingerprint density at radius 3 is 2.08 bits per heavy atom. The van der Waals surface area contributed by atoms with Crippen molar-refractivity contribution in [3.63, 3.8) is 0 Å². The molecule has 2 aromatic carbocycles. The van der Waals surface area contributed by atoms with Crippen LogP contribution in [0.25, 0.3) is 6.08 Å².